The Balaban J connectivity index is 0.00000361. The minimum absolute atomic E-state index is 0. The molecule has 1 saturated heterocycles. The molecule has 1 aliphatic heterocycles. The van der Waals surface area contributed by atoms with Gasteiger partial charge in [-0.1, -0.05) is 0 Å². The van der Waals surface area contributed by atoms with E-state index >= 15 is 0 Å². The highest BCUT2D eigenvalue weighted by Gasteiger charge is 2.32. The van der Waals surface area contributed by atoms with Crippen LogP contribution in [0.25, 0.3) is 0 Å². The maximum absolute atomic E-state index is 12.0. The van der Waals surface area contributed by atoms with Crippen LogP contribution < -0.4 is 11.1 Å². The number of hydrogen-bond donors (Lipinski definition) is 2. The highest BCUT2D eigenvalue weighted by Crippen LogP contribution is 2.20. The van der Waals surface area contributed by atoms with Gasteiger partial charge in [0, 0.05) is 12.6 Å². The summed E-state index contributed by atoms with van der Waals surface area (Å²) in [6.07, 6.45) is -2.44. The summed E-state index contributed by atoms with van der Waals surface area (Å²) in [7, 11) is 0. The van der Waals surface area contributed by atoms with E-state index in [0.29, 0.717) is 12.5 Å². The second kappa shape index (κ2) is 8.05. The Morgan fingerprint density at radius 3 is 2.55 bits per heavy atom. The number of likely N-dealkylation sites (tertiary alicyclic amines) is 1. The number of carbonyl (C=O) groups excluding carboxylic acids is 1. The Kier molecular flexibility index (Phi) is 7.83. The van der Waals surface area contributed by atoms with Gasteiger partial charge in [0.05, 0.1) is 6.04 Å². The van der Waals surface area contributed by atoms with Gasteiger partial charge >= 0.3 is 6.18 Å². The average molecular weight is 318 g/mol. The molecule has 0 radical (unpaired) electrons. The quantitative estimate of drug-likeness (QED) is 0.827. The van der Waals surface area contributed by atoms with Crippen molar-refractivity contribution in [3.8, 4) is 0 Å². The number of alkyl halides is 3. The number of rotatable bonds is 4. The molecule has 1 aliphatic rings. The fourth-order valence-corrected chi connectivity index (χ4v) is 2.32. The van der Waals surface area contributed by atoms with Gasteiger partial charge in [0.25, 0.3) is 0 Å². The van der Waals surface area contributed by atoms with Gasteiger partial charge in [-0.25, -0.2) is 0 Å². The van der Waals surface area contributed by atoms with Crippen LogP contribution in [0.2, 0.25) is 0 Å². The molecule has 1 fully saturated rings. The van der Waals surface area contributed by atoms with Crippen molar-refractivity contribution in [2.75, 3.05) is 19.6 Å². The van der Waals surface area contributed by atoms with Gasteiger partial charge in [0.2, 0.25) is 5.91 Å². The number of halogens is 4. The number of hydrogen-bond acceptors (Lipinski definition) is 3. The summed E-state index contributed by atoms with van der Waals surface area (Å²) in [6.45, 7) is 3.67. The fraction of sp³-hybridized carbons (Fsp3) is 0.917. The Bertz CT molecular complexity index is 313. The number of amides is 1. The number of carbonyl (C=O) groups is 1. The molecule has 120 valence electrons. The number of nitrogens with two attached hydrogens (primary N) is 1. The van der Waals surface area contributed by atoms with Crippen molar-refractivity contribution in [3.63, 3.8) is 0 Å². The van der Waals surface area contributed by atoms with Crippen molar-refractivity contribution in [3.05, 3.63) is 0 Å². The molecule has 0 saturated carbocycles. The molecule has 1 amide bonds. The molecule has 0 bridgehead atoms. The number of piperidine rings is 1. The normalized spacial score (nSPS) is 23.6. The van der Waals surface area contributed by atoms with Crippen molar-refractivity contribution in [2.45, 2.75) is 44.9 Å². The maximum Gasteiger partial charge on any atom is 0.405 e. The van der Waals surface area contributed by atoms with Gasteiger partial charge in [-0.3, -0.25) is 9.69 Å². The Hall–Kier alpha value is -0.530. The van der Waals surface area contributed by atoms with Gasteiger partial charge in [-0.2, -0.15) is 13.2 Å². The SMILES string of the molecule is CC(N)C1CCCN(C(C)C(=O)NCC(F)(F)F)C1.Cl. The fourth-order valence-electron chi connectivity index (χ4n) is 2.32. The minimum Gasteiger partial charge on any atom is -0.346 e. The van der Waals surface area contributed by atoms with Crippen LogP contribution >= 0.6 is 12.4 Å². The molecular weight excluding hydrogens is 295 g/mol. The third kappa shape index (κ3) is 6.28. The van der Waals surface area contributed by atoms with Crippen molar-refractivity contribution in [1.82, 2.24) is 10.2 Å². The lowest BCUT2D eigenvalue weighted by molar-refractivity contribution is -0.141. The third-order valence-electron chi connectivity index (χ3n) is 3.62. The second-order valence-corrected chi connectivity index (χ2v) is 5.27. The lowest BCUT2D eigenvalue weighted by atomic mass is 9.91. The largest absolute Gasteiger partial charge is 0.405 e. The van der Waals surface area contributed by atoms with Crippen LogP contribution in [0.15, 0.2) is 0 Å². The molecule has 3 atom stereocenters. The summed E-state index contributed by atoms with van der Waals surface area (Å²) < 4.78 is 36.1. The molecule has 4 nitrogen and oxygen atoms in total. The topological polar surface area (TPSA) is 58.4 Å². The summed E-state index contributed by atoms with van der Waals surface area (Å²) in [4.78, 5) is 13.6. The molecule has 0 aromatic rings. The van der Waals surface area contributed by atoms with Gasteiger partial charge in [0.15, 0.2) is 0 Å². The smallest absolute Gasteiger partial charge is 0.346 e. The highest BCUT2D eigenvalue weighted by atomic mass is 35.5. The van der Waals surface area contributed by atoms with Crippen LogP contribution in [0.1, 0.15) is 26.7 Å². The van der Waals surface area contributed by atoms with E-state index in [-0.39, 0.29) is 18.4 Å². The minimum atomic E-state index is -4.37. The van der Waals surface area contributed by atoms with Crippen LogP contribution in [0.3, 0.4) is 0 Å². The summed E-state index contributed by atoms with van der Waals surface area (Å²) >= 11 is 0. The van der Waals surface area contributed by atoms with E-state index in [1.54, 1.807) is 6.92 Å². The lowest BCUT2D eigenvalue weighted by Crippen LogP contribution is -2.52. The zero-order valence-corrected chi connectivity index (χ0v) is 12.6. The monoisotopic (exact) mass is 317 g/mol. The van der Waals surface area contributed by atoms with Crippen LogP contribution in [0.5, 0.6) is 0 Å². The molecule has 1 heterocycles. The molecule has 20 heavy (non-hydrogen) atoms. The molecule has 0 aromatic carbocycles. The zero-order chi connectivity index (χ0) is 14.6. The zero-order valence-electron chi connectivity index (χ0n) is 11.7. The third-order valence-corrected chi connectivity index (χ3v) is 3.62. The van der Waals surface area contributed by atoms with E-state index in [1.165, 1.54) is 0 Å². The van der Waals surface area contributed by atoms with Gasteiger partial charge < -0.3 is 11.1 Å². The standard InChI is InChI=1S/C12H22F3N3O.ClH/c1-8(16)10-4-3-5-18(6-10)9(2)11(19)17-7-12(13,14)15;/h8-10H,3-7,16H2,1-2H3,(H,17,19);1H. The predicted octanol–water partition coefficient (Wildman–Crippen LogP) is 1.53. The van der Waals surface area contributed by atoms with E-state index in [4.69, 9.17) is 5.73 Å². The molecule has 1 rings (SSSR count). The lowest BCUT2D eigenvalue weighted by Gasteiger charge is -2.37. The molecule has 0 spiro atoms. The van der Waals surface area contributed by atoms with Gasteiger partial charge in [-0.15, -0.1) is 12.4 Å². The first-order chi connectivity index (χ1) is 8.70. The first kappa shape index (κ1) is 19.5. The van der Waals surface area contributed by atoms with Crippen molar-refractivity contribution >= 4 is 18.3 Å². The first-order valence-electron chi connectivity index (χ1n) is 6.55. The molecule has 8 heteroatoms. The van der Waals surface area contributed by atoms with Crippen molar-refractivity contribution in [2.24, 2.45) is 11.7 Å². The first-order valence-corrected chi connectivity index (χ1v) is 6.55. The molecule has 0 aliphatic carbocycles. The Morgan fingerprint density at radius 2 is 2.05 bits per heavy atom. The Labute approximate surface area is 123 Å². The maximum atomic E-state index is 12.0. The summed E-state index contributed by atoms with van der Waals surface area (Å²) in [5.74, 6) is -0.283. The van der Waals surface area contributed by atoms with Gasteiger partial charge in [-0.05, 0) is 39.2 Å². The van der Waals surface area contributed by atoms with E-state index in [9.17, 15) is 18.0 Å². The molecular formula is C12H23ClF3N3O. The highest BCUT2D eigenvalue weighted by molar-refractivity contribution is 5.85. The van der Waals surface area contributed by atoms with Crippen LogP contribution in [0.4, 0.5) is 13.2 Å². The van der Waals surface area contributed by atoms with Crippen LogP contribution in [-0.4, -0.2) is 48.7 Å². The Morgan fingerprint density at radius 1 is 1.45 bits per heavy atom. The van der Waals surface area contributed by atoms with Gasteiger partial charge in [0.1, 0.15) is 6.54 Å². The average Bonchev–Trinajstić information content (AvgIpc) is 2.34. The van der Waals surface area contributed by atoms with Crippen molar-refractivity contribution in [1.29, 1.82) is 0 Å². The van der Waals surface area contributed by atoms with Crippen LogP contribution in [-0.2, 0) is 4.79 Å². The molecule has 3 unspecified atom stereocenters. The number of nitrogens with one attached hydrogen (secondary N) is 1. The summed E-state index contributed by atoms with van der Waals surface area (Å²) in [5.41, 5.74) is 5.85. The summed E-state index contributed by atoms with van der Waals surface area (Å²) in [5, 5.41) is 1.93. The molecule has 0 aromatic heterocycles. The van der Waals surface area contributed by atoms with Crippen molar-refractivity contribution < 1.29 is 18.0 Å². The van der Waals surface area contributed by atoms with E-state index in [2.05, 4.69) is 0 Å². The summed E-state index contributed by atoms with van der Waals surface area (Å²) in [6, 6.07) is -0.517. The second-order valence-electron chi connectivity index (χ2n) is 5.27. The number of nitrogens with zero attached hydrogens (tertiary/aromatic N) is 1. The molecule has 3 N–H and O–H groups in total. The van der Waals surface area contributed by atoms with E-state index in [0.717, 1.165) is 19.4 Å². The van der Waals surface area contributed by atoms with E-state index in [1.807, 2.05) is 17.1 Å². The predicted molar refractivity (Wildman–Crippen MR) is 73.7 cm³/mol. The van der Waals surface area contributed by atoms with Crippen LogP contribution in [0, 0.1) is 5.92 Å². The van der Waals surface area contributed by atoms with E-state index < -0.39 is 24.7 Å².